The second kappa shape index (κ2) is 32.7. The van der Waals surface area contributed by atoms with Crippen LogP contribution in [0.3, 0.4) is 0 Å². The van der Waals surface area contributed by atoms with Crippen LogP contribution in [-0.2, 0) is 56.2 Å². The lowest BCUT2D eigenvalue weighted by molar-refractivity contribution is -0.131. The Hall–Kier alpha value is -9.28. The van der Waals surface area contributed by atoms with Crippen molar-refractivity contribution in [2.75, 3.05) is 45.9 Å². The molecule has 4 saturated heterocycles. The van der Waals surface area contributed by atoms with Gasteiger partial charge in [0.15, 0.2) is 10.6 Å². The molecule has 4 fully saturated rings. The molecule has 4 aliphatic heterocycles. The minimum atomic E-state index is -1.32. The number of amides is 8. The third kappa shape index (κ3) is 18.8. The van der Waals surface area contributed by atoms with E-state index in [1.807, 2.05) is 39.0 Å². The molecule has 8 heterocycles. The van der Waals surface area contributed by atoms with Crippen LogP contribution in [0.1, 0.15) is 110 Å². The smallest absolute Gasteiger partial charge is 0.408 e. The van der Waals surface area contributed by atoms with Crippen LogP contribution >= 0.6 is 11.3 Å². The molecule has 0 aliphatic carbocycles. The van der Waals surface area contributed by atoms with Gasteiger partial charge >= 0.3 is 12.2 Å². The van der Waals surface area contributed by atoms with Crippen molar-refractivity contribution in [1.29, 1.82) is 0 Å². The molecule has 10 rings (SSSR count). The number of hydrogen-bond acceptors (Lipinski definition) is 20. The zero-order valence-electron chi connectivity index (χ0n) is 53.3. The number of ketones is 2. The Bertz CT molecular complexity index is 3630. The number of oxazole rings is 1. The molecule has 2 aromatic carbocycles. The van der Waals surface area contributed by atoms with Crippen molar-refractivity contribution in [3.05, 3.63) is 120 Å². The van der Waals surface area contributed by atoms with Crippen molar-refractivity contribution in [3.8, 4) is 0 Å². The Morgan fingerprint density at radius 2 is 1.19 bits per heavy atom. The van der Waals surface area contributed by atoms with Gasteiger partial charge in [0.1, 0.15) is 42.9 Å². The number of carbonyl (C=O) groups is 10. The zero-order valence-corrected chi connectivity index (χ0v) is 54.1. The molecular formula is C67H81N13O14S. The normalized spacial score (nSPS) is 20.1. The van der Waals surface area contributed by atoms with Gasteiger partial charge in [-0.2, -0.15) is 0 Å². The molecule has 3 unspecified atom stereocenters. The average molecular weight is 1320 g/mol. The summed E-state index contributed by atoms with van der Waals surface area (Å²) in [5.41, 5.74) is 2.59. The van der Waals surface area contributed by atoms with Gasteiger partial charge in [-0.25, -0.2) is 19.6 Å². The number of Topliss-reactive ketones (excluding diaryl/α,β-unsaturated/α-hetero) is 2. The number of nitrogens with zero attached hydrogens (tertiary/aromatic N) is 5. The van der Waals surface area contributed by atoms with Gasteiger partial charge in [-0.05, 0) is 119 Å². The first-order valence-electron chi connectivity index (χ1n) is 32.4. The van der Waals surface area contributed by atoms with Gasteiger partial charge in [0.05, 0.1) is 28.9 Å². The minimum absolute atomic E-state index is 0.00667. The van der Waals surface area contributed by atoms with Gasteiger partial charge in [-0.3, -0.25) is 48.3 Å². The van der Waals surface area contributed by atoms with Gasteiger partial charge < -0.3 is 66.1 Å². The molecule has 95 heavy (non-hydrogen) atoms. The number of carbonyl (C=O) groups excluding carboxylic acids is 10. The van der Waals surface area contributed by atoms with E-state index >= 15 is 0 Å². The second-order valence-corrected chi connectivity index (χ2v) is 26.4. The predicted octanol–water partition coefficient (Wildman–Crippen LogP) is 4.70. The highest BCUT2D eigenvalue weighted by molar-refractivity contribution is 7.20. The minimum Gasteiger partial charge on any atom is -0.445 e. The first-order chi connectivity index (χ1) is 45.9. The summed E-state index contributed by atoms with van der Waals surface area (Å²) < 4.78 is 23.4. The van der Waals surface area contributed by atoms with Crippen molar-refractivity contribution in [2.24, 2.45) is 35.5 Å². The van der Waals surface area contributed by atoms with E-state index < -0.39 is 107 Å². The van der Waals surface area contributed by atoms with Crippen LogP contribution in [0, 0.1) is 35.5 Å². The Morgan fingerprint density at radius 1 is 0.621 bits per heavy atom. The van der Waals surface area contributed by atoms with Gasteiger partial charge in [-0.1, -0.05) is 57.2 Å². The first-order valence-corrected chi connectivity index (χ1v) is 33.2. The summed E-state index contributed by atoms with van der Waals surface area (Å²) in [5.74, 6) is -7.38. The molecule has 4 aromatic heterocycles. The van der Waals surface area contributed by atoms with Crippen molar-refractivity contribution < 1.29 is 66.6 Å². The van der Waals surface area contributed by atoms with Crippen molar-refractivity contribution in [2.45, 2.75) is 128 Å². The Labute approximate surface area is 552 Å². The monoisotopic (exact) mass is 1320 g/mol. The predicted molar refractivity (Wildman–Crippen MR) is 345 cm³/mol. The summed E-state index contributed by atoms with van der Waals surface area (Å²) in [7, 11) is 0. The van der Waals surface area contributed by atoms with Crippen LogP contribution in [-0.4, -0.2) is 166 Å². The first kappa shape index (κ1) is 68.6. The van der Waals surface area contributed by atoms with E-state index in [0.29, 0.717) is 99.2 Å². The molecule has 6 aromatic rings. The number of aromatic nitrogens is 4. The van der Waals surface area contributed by atoms with Gasteiger partial charge in [-0.15, -0.1) is 11.3 Å². The topological polar surface area (TPSA) is 363 Å². The van der Waals surface area contributed by atoms with Crippen LogP contribution in [0.15, 0.2) is 102 Å². The molecule has 28 heteroatoms. The lowest BCUT2D eigenvalue weighted by atomic mass is 9.93. The number of pyridine rings is 2. The number of nitrogens with one attached hydrogen (secondary N) is 8. The van der Waals surface area contributed by atoms with E-state index in [0.717, 1.165) is 4.70 Å². The van der Waals surface area contributed by atoms with Gasteiger partial charge in [0.2, 0.25) is 47.0 Å². The third-order valence-corrected chi connectivity index (χ3v) is 18.8. The van der Waals surface area contributed by atoms with Crippen molar-refractivity contribution >= 4 is 91.8 Å². The molecule has 4 aliphatic rings. The van der Waals surface area contributed by atoms with E-state index in [1.54, 1.807) is 79.4 Å². The second-order valence-electron chi connectivity index (χ2n) is 25.3. The number of benzene rings is 2. The number of ether oxygens (including phenoxy) is 3. The fraction of sp³-hybridized carbons (Fsp3) is 0.493. The van der Waals surface area contributed by atoms with Gasteiger partial charge in [0, 0.05) is 85.8 Å². The number of fused-ring (bicyclic) bond motifs is 2. The van der Waals surface area contributed by atoms with Crippen LogP contribution in [0.2, 0.25) is 0 Å². The van der Waals surface area contributed by atoms with E-state index in [-0.39, 0.29) is 80.1 Å². The molecule has 0 radical (unpaired) electrons. The molecule has 0 saturated carbocycles. The molecule has 8 amide bonds. The standard InChI is InChI=1S/C67H81N13O14S/c1-38(2)28-50(60(85)73-49(31-43-17-24-71-59(43)84)57(82)65-77-47-13-5-7-15-53(47)95-65)74-62(87)54(78-66(89)92-35-40-10-8-21-68-32-40)44-19-26-80(34-44)25-18-39(3)29-51(75-63(88)55(45-20-27-91-37-45)79-67(90)93-36-41-11-9-22-69-33-41)61(86)72-48(30-42-16-23-70-58(42)83)56(81)64-76-46-12-4-6-14-52(46)94-64/h4-15,21-22,32-33,38-39,42-45,48-51,54-55H,16-20,23-31,34-37H2,1-3H3,(H,70,83)(H,71,84)(H,72,86)(H,73,85)(H,74,87)(H,75,88)(H,78,89)(H,79,90)/t39?,42-,43-,44?,45?,48-,49-,50-,51-,54-,55-/m0/s1. The number of alkyl carbamates (subject to hydrolysis) is 2. The molecule has 504 valence electrons. The Morgan fingerprint density at radius 3 is 1.74 bits per heavy atom. The molecule has 27 nitrogen and oxygen atoms in total. The van der Waals surface area contributed by atoms with E-state index in [1.165, 1.54) is 11.3 Å². The SMILES string of the molecule is CC(C)C[C@H](NC(=O)[C@@H](NC(=O)OCc1cccnc1)C1CCN(CCC(C)C[C@H](NC(=O)[C@@H](NC(=O)OCc2cccnc2)C2CCOC2)C(=O)N[C@@H](C[C@@H]2CCNC2=O)C(=O)c2nc3ccccc3o2)C1)C(=O)N[C@@H](C[C@@H]1CCNC1=O)C(=O)c1nc2ccccc2s1. The number of rotatable bonds is 31. The summed E-state index contributed by atoms with van der Waals surface area (Å²) in [6.45, 7) is 7.81. The highest BCUT2D eigenvalue weighted by Gasteiger charge is 2.42. The molecule has 0 bridgehead atoms. The maximum absolute atomic E-state index is 15.0. The van der Waals surface area contributed by atoms with E-state index in [4.69, 9.17) is 18.6 Å². The van der Waals surface area contributed by atoms with Gasteiger partial charge in [0.25, 0.3) is 5.89 Å². The van der Waals surface area contributed by atoms with Crippen LogP contribution in [0.25, 0.3) is 21.3 Å². The highest BCUT2D eigenvalue weighted by Crippen LogP contribution is 2.28. The summed E-state index contributed by atoms with van der Waals surface area (Å²) in [6.07, 6.45) is 6.68. The van der Waals surface area contributed by atoms with Crippen LogP contribution < -0.4 is 42.5 Å². The molecule has 0 spiro atoms. The quantitative estimate of drug-likeness (QED) is 0.0274. The summed E-state index contributed by atoms with van der Waals surface area (Å²) in [4.78, 5) is 160. The zero-order chi connectivity index (χ0) is 67.0. The summed E-state index contributed by atoms with van der Waals surface area (Å²) in [5, 5.41) is 22.8. The number of thiazole rings is 1. The molecule has 11 atom stereocenters. The Balaban J connectivity index is 0.849. The fourth-order valence-electron chi connectivity index (χ4n) is 12.5. The fourth-order valence-corrected chi connectivity index (χ4v) is 13.5. The molecular weight excluding hydrogens is 1240 g/mol. The van der Waals surface area contributed by atoms with E-state index in [9.17, 15) is 47.9 Å². The van der Waals surface area contributed by atoms with Crippen molar-refractivity contribution in [1.82, 2.24) is 67.4 Å². The van der Waals surface area contributed by atoms with Crippen LogP contribution in [0.4, 0.5) is 9.59 Å². The number of hydrogen-bond donors (Lipinski definition) is 8. The third-order valence-electron chi connectivity index (χ3n) is 17.7. The number of para-hydroxylation sites is 3. The maximum Gasteiger partial charge on any atom is 0.408 e. The maximum atomic E-state index is 15.0. The van der Waals surface area contributed by atoms with Crippen molar-refractivity contribution in [3.63, 3.8) is 0 Å². The Kier molecular flexibility index (Phi) is 23.6. The lowest BCUT2D eigenvalue weighted by Crippen LogP contribution is -2.58. The van der Waals surface area contributed by atoms with E-state index in [2.05, 4.69) is 67.4 Å². The lowest BCUT2D eigenvalue weighted by Gasteiger charge is -2.29. The summed E-state index contributed by atoms with van der Waals surface area (Å²) in [6, 6.07) is 13.5. The summed E-state index contributed by atoms with van der Waals surface area (Å²) >= 11 is 1.18. The molecule has 8 N–H and O–H groups in total. The largest absolute Gasteiger partial charge is 0.445 e. The number of likely N-dealkylation sites (tertiary alicyclic amines) is 1. The average Bonchev–Trinajstić information content (AvgIpc) is 1.60. The highest BCUT2D eigenvalue weighted by atomic mass is 32.1. The van der Waals surface area contributed by atoms with Crippen LogP contribution in [0.5, 0.6) is 0 Å².